The summed E-state index contributed by atoms with van der Waals surface area (Å²) in [5.74, 6) is -60.1. The SMILES string of the molecule is O=C1NC(=O)C2C1C1C=CC2(OS(=O)(=O)C(F)(F)C(F)(F)C(F)(F)C(F)(F)C(F)(F)C(F)(F)C(F)(F)C(F)(F)F)C1. The summed E-state index contributed by atoms with van der Waals surface area (Å²) >= 11 is 0. The van der Waals surface area contributed by atoms with Crippen LogP contribution in [0.1, 0.15) is 6.42 Å². The van der Waals surface area contributed by atoms with Crippen molar-refractivity contribution in [1.29, 1.82) is 0 Å². The molecule has 1 saturated carbocycles. The van der Waals surface area contributed by atoms with Crippen LogP contribution in [0, 0.1) is 17.8 Å². The zero-order valence-electron chi connectivity index (χ0n) is 18.5. The molecular weight excluding hydrogens is 653 g/mol. The van der Waals surface area contributed by atoms with E-state index in [9.17, 15) is 92.6 Å². The Labute approximate surface area is 214 Å². The Morgan fingerprint density at radius 2 is 1.10 bits per heavy atom. The van der Waals surface area contributed by atoms with Gasteiger partial charge >= 0.3 is 57.1 Å². The van der Waals surface area contributed by atoms with E-state index in [1.54, 1.807) is 5.32 Å². The van der Waals surface area contributed by atoms with E-state index >= 15 is 0 Å². The van der Waals surface area contributed by atoms with Gasteiger partial charge in [-0.25, -0.2) is 0 Å². The van der Waals surface area contributed by atoms with E-state index in [1.807, 2.05) is 0 Å². The maximum Gasteiger partial charge on any atom is 0.460 e. The molecule has 6 nitrogen and oxygen atoms in total. The van der Waals surface area contributed by atoms with E-state index < -0.39 is 98.7 Å². The fraction of sp³-hybridized carbons (Fsp3) is 0.765. The van der Waals surface area contributed by atoms with Crippen LogP contribution in [-0.4, -0.2) is 72.8 Å². The second kappa shape index (κ2) is 8.36. The summed E-state index contributed by atoms with van der Waals surface area (Å²) in [6, 6.07) is 0. The minimum Gasteiger partial charge on any atom is -0.296 e. The normalized spacial score (nSPS) is 28.4. The third-order valence-corrected chi connectivity index (χ3v) is 8.04. The summed E-state index contributed by atoms with van der Waals surface area (Å²) < 4.78 is 256. The molecule has 0 radical (unpaired) electrons. The maximum absolute atomic E-state index is 14.4. The van der Waals surface area contributed by atoms with Gasteiger partial charge in [-0.15, -0.1) is 0 Å². The number of alkyl halides is 17. The summed E-state index contributed by atoms with van der Waals surface area (Å²) in [6.07, 6.45) is -7.74. The molecular formula is C17H8F17NO5S. The Kier molecular flexibility index (Phi) is 6.75. The zero-order valence-corrected chi connectivity index (χ0v) is 19.3. The van der Waals surface area contributed by atoms with Crippen molar-refractivity contribution in [1.82, 2.24) is 5.32 Å². The molecule has 1 saturated heterocycles. The number of fused-ring (bicyclic) bond motifs is 5. The van der Waals surface area contributed by atoms with Crippen LogP contribution in [0.2, 0.25) is 0 Å². The number of amides is 2. The smallest absolute Gasteiger partial charge is 0.296 e. The minimum atomic E-state index is -8.98. The standard InChI is InChI=1S/C17H8F17NO5S/c18-10(19,12(22,23)14(26,27)16(30,31)32)11(20,21)13(24,25)15(28,29)17(33,34)41(38,39)40-9-2-1-4(3-9)5-6(9)8(37)35-7(5)36/h1-2,4-6H,3H2,(H,35,36,37). The topological polar surface area (TPSA) is 89.5 Å². The summed E-state index contributed by atoms with van der Waals surface area (Å²) in [6.45, 7) is 0. The van der Waals surface area contributed by atoms with Gasteiger partial charge in [-0.2, -0.15) is 83.1 Å². The number of rotatable bonds is 9. The Hall–Kier alpha value is -2.40. The first kappa shape index (κ1) is 33.1. The van der Waals surface area contributed by atoms with Gasteiger partial charge in [0.1, 0.15) is 5.60 Å². The summed E-state index contributed by atoms with van der Waals surface area (Å²) in [5.41, 5.74) is -3.06. The summed E-state index contributed by atoms with van der Waals surface area (Å²) in [4.78, 5) is 23.7. The Bertz CT molecular complexity index is 1290. The molecule has 0 spiro atoms. The summed E-state index contributed by atoms with van der Waals surface area (Å²) in [7, 11) is -7.90. The maximum atomic E-state index is 14.4. The molecule has 0 aromatic heterocycles. The van der Waals surface area contributed by atoms with Gasteiger partial charge < -0.3 is 0 Å². The van der Waals surface area contributed by atoms with Crippen molar-refractivity contribution in [3.63, 3.8) is 0 Å². The van der Waals surface area contributed by atoms with E-state index in [2.05, 4.69) is 4.18 Å². The molecule has 2 bridgehead atoms. The number of hydrogen-bond acceptors (Lipinski definition) is 5. The molecule has 0 aromatic rings. The van der Waals surface area contributed by atoms with Gasteiger partial charge in [0.05, 0.1) is 11.8 Å². The van der Waals surface area contributed by atoms with Crippen LogP contribution in [0.25, 0.3) is 0 Å². The van der Waals surface area contributed by atoms with Crippen LogP contribution in [0.3, 0.4) is 0 Å². The number of halogens is 17. The van der Waals surface area contributed by atoms with Gasteiger partial charge in [0.2, 0.25) is 11.8 Å². The lowest BCUT2D eigenvalue weighted by atomic mass is 9.83. The fourth-order valence-electron chi connectivity index (χ4n) is 4.51. The van der Waals surface area contributed by atoms with Crippen LogP contribution in [0.5, 0.6) is 0 Å². The molecule has 2 amide bonds. The molecule has 41 heavy (non-hydrogen) atoms. The Balaban J connectivity index is 2.07. The lowest BCUT2D eigenvalue weighted by Crippen LogP contribution is -2.75. The van der Waals surface area contributed by atoms with Crippen molar-refractivity contribution in [2.24, 2.45) is 17.8 Å². The quantitative estimate of drug-likeness (QED) is 0.170. The second-order valence-electron chi connectivity index (χ2n) is 9.04. The number of carbonyl (C=O) groups is 2. The zero-order chi connectivity index (χ0) is 32.4. The first-order valence-electron chi connectivity index (χ1n) is 10.0. The summed E-state index contributed by atoms with van der Waals surface area (Å²) in [5, 5.41) is -6.33. The van der Waals surface area contributed by atoms with Crippen molar-refractivity contribution in [2.75, 3.05) is 0 Å². The van der Waals surface area contributed by atoms with Crippen molar-refractivity contribution < 1.29 is 96.8 Å². The minimum absolute atomic E-state index is 0.392. The molecule has 236 valence electrons. The molecule has 2 aliphatic carbocycles. The van der Waals surface area contributed by atoms with Gasteiger partial charge in [-0.05, 0) is 12.3 Å². The van der Waals surface area contributed by atoms with Crippen molar-refractivity contribution in [3.8, 4) is 0 Å². The average molecular weight is 661 g/mol. The highest BCUT2D eigenvalue weighted by molar-refractivity contribution is 7.87. The van der Waals surface area contributed by atoms with E-state index in [-0.39, 0.29) is 0 Å². The Morgan fingerprint density at radius 1 is 0.683 bits per heavy atom. The molecule has 24 heteroatoms. The first-order valence-corrected chi connectivity index (χ1v) is 11.4. The van der Waals surface area contributed by atoms with Crippen LogP contribution in [0.4, 0.5) is 74.6 Å². The van der Waals surface area contributed by atoms with Crippen molar-refractivity contribution >= 4 is 21.9 Å². The van der Waals surface area contributed by atoms with Gasteiger partial charge in [0, 0.05) is 0 Å². The monoisotopic (exact) mass is 661 g/mol. The molecule has 4 unspecified atom stereocenters. The van der Waals surface area contributed by atoms with Gasteiger partial charge in [-0.1, -0.05) is 12.2 Å². The van der Waals surface area contributed by atoms with Gasteiger partial charge in [0.25, 0.3) is 0 Å². The van der Waals surface area contributed by atoms with Gasteiger partial charge in [-0.3, -0.25) is 19.1 Å². The number of nitrogens with one attached hydrogen (secondary N) is 1. The van der Waals surface area contributed by atoms with E-state index in [4.69, 9.17) is 0 Å². The predicted molar refractivity (Wildman–Crippen MR) is 90.8 cm³/mol. The molecule has 0 aromatic carbocycles. The highest BCUT2D eigenvalue weighted by atomic mass is 32.2. The average Bonchev–Trinajstić information content (AvgIpc) is 3.42. The largest absolute Gasteiger partial charge is 0.460 e. The molecule has 2 fully saturated rings. The third-order valence-electron chi connectivity index (χ3n) is 6.63. The van der Waals surface area contributed by atoms with Gasteiger partial charge in [0.15, 0.2) is 0 Å². The van der Waals surface area contributed by atoms with E-state index in [0.717, 1.165) is 6.08 Å². The number of hydrogen-bond donors (Lipinski definition) is 1. The molecule has 4 atom stereocenters. The number of imide groups is 1. The van der Waals surface area contributed by atoms with Crippen LogP contribution >= 0.6 is 0 Å². The Morgan fingerprint density at radius 3 is 1.54 bits per heavy atom. The molecule has 1 heterocycles. The van der Waals surface area contributed by atoms with Crippen LogP contribution in [-0.2, 0) is 23.9 Å². The highest BCUT2D eigenvalue weighted by Gasteiger charge is 2.96. The highest BCUT2D eigenvalue weighted by Crippen LogP contribution is 2.65. The number of carbonyl (C=O) groups excluding carboxylic acids is 2. The third kappa shape index (κ3) is 3.76. The van der Waals surface area contributed by atoms with E-state index in [1.165, 1.54) is 0 Å². The predicted octanol–water partition coefficient (Wildman–Crippen LogP) is 4.52. The molecule has 3 aliphatic rings. The molecule has 3 rings (SSSR count). The number of allylic oxidation sites excluding steroid dienone is 1. The second-order valence-corrected chi connectivity index (χ2v) is 10.6. The molecule has 1 aliphatic heterocycles. The van der Waals surface area contributed by atoms with E-state index in [0.29, 0.717) is 6.08 Å². The van der Waals surface area contributed by atoms with Crippen molar-refractivity contribution in [3.05, 3.63) is 12.2 Å². The van der Waals surface area contributed by atoms with Crippen LogP contribution < -0.4 is 5.32 Å². The van der Waals surface area contributed by atoms with Crippen molar-refractivity contribution in [2.45, 2.75) is 59.0 Å². The fourth-order valence-corrected chi connectivity index (χ4v) is 5.69. The lowest BCUT2D eigenvalue weighted by molar-refractivity contribution is -0.458. The first-order chi connectivity index (χ1) is 17.8. The van der Waals surface area contributed by atoms with Crippen LogP contribution in [0.15, 0.2) is 12.2 Å². The lowest BCUT2D eigenvalue weighted by Gasteiger charge is -2.42. The molecule has 1 N–H and O–H groups in total.